The molecule has 0 unspecified atom stereocenters. The number of carbonyl (C=O) groups excluding carboxylic acids is 1. The van der Waals surface area contributed by atoms with Crippen molar-refractivity contribution >= 4 is 34.1 Å². The molecule has 1 aromatic carbocycles. The van der Waals surface area contributed by atoms with Crippen LogP contribution in [0, 0.1) is 5.82 Å². The summed E-state index contributed by atoms with van der Waals surface area (Å²) in [5.74, 6) is 0.0995. The number of ether oxygens (including phenoxy) is 2. The first kappa shape index (κ1) is 17.9. The number of anilines is 1. The predicted molar refractivity (Wildman–Crippen MR) is 93.2 cm³/mol. The van der Waals surface area contributed by atoms with Crippen molar-refractivity contribution in [1.82, 2.24) is 15.5 Å². The summed E-state index contributed by atoms with van der Waals surface area (Å²) in [7, 11) is 0. The van der Waals surface area contributed by atoms with E-state index in [-0.39, 0.29) is 29.6 Å². The van der Waals surface area contributed by atoms with Gasteiger partial charge >= 0.3 is 0 Å². The second-order valence-electron chi connectivity index (χ2n) is 5.35. The average molecular weight is 384 g/mol. The Labute approximate surface area is 152 Å². The fourth-order valence-electron chi connectivity index (χ4n) is 2.36. The maximum atomic E-state index is 13.3. The Morgan fingerprint density at radius 2 is 2.40 bits per heavy atom. The number of benzene rings is 1. The van der Waals surface area contributed by atoms with Crippen molar-refractivity contribution in [2.24, 2.45) is 0 Å². The monoisotopic (exact) mass is 384 g/mol. The van der Waals surface area contributed by atoms with Gasteiger partial charge in [0.1, 0.15) is 17.7 Å². The molecule has 0 radical (unpaired) electrons. The Hall–Kier alpha value is -1.91. The van der Waals surface area contributed by atoms with Crippen LogP contribution in [-0.2, 0) is 9.53 Å². The van der Waals surface area contributed by atoms with Crippen LogP contribution < -0.4 is 15.8 Å². The van der Waals surface area contributed by atoms with E-state index >= 15 is 0 Å². The molecule has 134 valence electrons. The lowest BCUT2D eigenvalue weighted by atomic mass is 10.1. The molecule has 0 spiro atoms. The van der Waals surface area contributed by atoms with E-state index in [9.17, 15) is 9.18 Å². The molecule has 2 aromatic rings. The SMILES string of the molecule is Nc1nnc(SCC(=O)N[C@@H]2COCC[C@@H]2Oc2cccc(F)c2)s1. The van der Waals surface area contributed by atoms with Gasteiger partial charge in [-0.25, -0.2) is 4.39 Å². The minimum atomic E-state index is -0.363. The number of amides is 1. The number of nitrogen functional groups attached to an aromatic ring is 1. The minimum absolute atomic E-state index is 0.165. The van der Waals surface area contributed by atoms with Crippen LogP contribution in [0.2, 0.25) is 0 Å². The fraction of sp³-hybridized carbons (Fsp3) is 0.400. The van der Waals surface area contributed by atoms with Gasteiger partial charge in [0, 0.05) is 12.5 Å². The van der Waals surface area contributed by atoms with Gasteiger partial charge in [0.15, 0.2) is 4.34 Å². The highest BCUT2D eigenvalue weighted by Crippen LogP contribution is 2.23. The maximum absolute atomic E-state index is 13.3. The fourth-order valence-corrected chi connectivity index (χ4v) is 3.81. The number of nitrogens with zero attached hydrogens (tertiary/aromatic N) is 2. The van der Waals surface area contributed by atoms with Crippen LogP contribution in [0.4, 0.5) is 9.52 Å². The van der Waals surface area contributed by atoms with Gasteiger partial charge in [-0.1, -0.05) is 29.2 Å². The normalized spacial score (nSPS) is 20.2. The van der Waals surface area contributed by atoms with E-state index in [0.29, 0.717) is 34.9 Å². The molecule has 1 amide bonds. The van der Waals surface area contributed by atoms with Gasteiger partial charge in [-0.2, -0.15) is 0 Å². The summed E-state index contributed by atoms with van der Waals surface area (Å²) in [6.45, 7) is 0.882. The average Bonchev–Trinajstić information content (AvgIpc) is 3.00. The number of rotatable bonds is 6. The highest BCUT2D eigenvalue weighted by molar-refractivity contribution is 8.01. The molecule has 1 saturated heterocycles. The molecule has 25 heavy (non-hydrogen) atoms. The molecule has 2 atom stereocenters. The van der Waals surface area contributed by atoms with Gasteiger partial charge in [0.05, 0.1) is 25.0 Å². The van der Waals surface area contributed by atoms with E-state index in [1.807, 2.05) is 0 Å². The maximum Gasteiger partial charge on any atom is 0.230 e. The zero-order chi connectivity index (χ0) is 17.6. The molecule has 1 aliphatic rings. The van der Waals surface area contributed by atoms with Crippen LogP contribution in [0.15, 0.2) is 28.6 Å². The van der Waals surface area contributed by atoms with E-state index in [4.69, 9.17) is 15.2 Å². The predicted octanol–water partition coefficient (Wildman–Crippen LogP) is 1.70. The van der Waals surface area contributed by atoms with Crippen molar-refractivity contribution in [2.45, 2.75) is 22.9 Å². The number of carbonyl (C=O) groups is 1. The first-order valence-electron chi connectivity index (χ1n) is 7.61. The standard InChI is InChI=1S/C15H17FN4O3S2/c16-9-2-1-3-10(6-9)23-12-4-5-22-7-11(12)18-13(21)8-24-15-20-19-14(17)25-15/h1-3,6,11-12H,4-5,7-8H2,(H2,17,19)(H,18,21)/t11-,12+/m1/s1. The van der Waals surface area contributed by atoms with E-state index in [0.717, 1.165) is 0 Å². The van der Waals surface area contributed by atoms with E-state index < -0.39 is 0 Å². The first-order valence-corrected chi connectivity index (χ1v) is 9.41. The molecule has 0 saturated carbocycles. The molecule has 2 heterocycles. The lowest BCUT2D eigenvalue weighted by Crippen LogP contribution is -2.52. The third-order valence-corrected chi connectivity index (χ3v) is 5.36. The highest BCUT2D eigenvalue weighted by Gasteiger charge is 2.29. The summed E-state index contributed by atoms with van der Waals surface area (Å²) < 4.78 is 25.2. The summed E-state index contributed by atoms with van der Waals surface area (Å²) in [5.41, 5.74) is 5.51. The van der Waals surface area contributed by atoms with Gasteiger partial charge in [-0.05, 0) is 12.1 Å². The Bertz CT molecular complexity index is 730. The first-order chi connectivity index (χ1) is 12.1. The Morgan fingerprint density at radius 1 is 1.52 bits per heavy atom. The van der Waals surface area contributed by atoms with Crippen molar-refractivity contribution in [2.75, 3.05) is 24.7 Å². The molecule has 1 aliphatic heterocycles. The van der Waals surface area contributed by atoms with Crippen LogP contribution >= 0.6 is 23.1 Å². The Kier molecular flexibility index (Phi) is 6.05. The number of thioether (sulfide) groups is 1. The van der Waals surface area contributed by atoms with Crippen LogP contribution in [0.1, 0.15) is 6.42 Å². The van der Waals surface area contributed by atoms with Crippen molar-refractivity contribution in [3.05, 3.63) is 30.1 Å². The molecular formula is C15H17FN4O3S2. The largest absolute Gasteiger partial charge is 0.488 e. The second-order valence-corrected chi connectivity index (χ2v) is 7.58. The quantitative estimate of drug-likeness (QED) is 0.731. The number of hydrogen-bond donors (Lipinski definition) is 2. The smallest absolute Gasteiger partial charge is 0.230 e. The van der Waals surface area contributed by atoms with Gasteiger partial charge in [-0.3, -0.25) is 4.79 Å². The highest BCUT2D eigenvalue weighted by atomic mass is 32.2. The summed E-state index contributed by atoms with van der Waals surface area (Å²) >= 11 is 2.50. The number of nitrogens with two attached hydrogens (primary N) is 1. The van der Waals surface area contributed by atoms with Crippen molar-refractivity contribution in [3.63, 3.8) is 0 Å². The number of hydrogen-bond acceptors (Lipinski definition) is 8. The molecular weight excluding hydrogens is 367 g/mol. The lowest BCUT2D eigenvalue weighted by Gasteiger charge is -2.32. The second kappa shape index (κ2) is 8.45. The number of aromatic nitrogens is 2. The summed E-state index contributed by atoms with van der Waals surface area (Å²) in [6.07, 6.45) is 0.336. The van der Waals surface area contributed by atoms with Gasteiger partial charge in [0.2, 0.25) is 11.0 Å². The van der Waals surface area contributed by atoms with Crippen LogP contribution in [-0.4, -0.2) is 47.2 Å². The zero-order valence-corrected chi connectivity index (χ0v) is 14.8. The van der Waals surface area contributed by atoms with Crippen molar-refractivity contribution in [1.29, 1.82) is 0 Å². The molecule has 0 aliphatic carbocycles. The Balaban J connectivity index is 1.54. The van der Waals surface area contributed by atoms with Crippen molar-refractivity contribution in [3.8, 4) is 5.75 Å². The van der Waals surface area contributed by atoms with Crippen LogP contribution in [0.3, 0.4) is 0 Å². The number of halogens is 1. The van der Waals surface area contributed by atoms with Gasteiger partial charge in [-0.15, -0.1) is 10.2 Å². The third kappa shape index (κ3) is 5.28. The topological polar surface area (TPSA) is 99.4 Å². The van der Waals surface area contributed by atoms with Gasteiger partial charge < -0.3 is 20.5 Å². The molecule has 0 bridgehead atoms. The molecule has 1 aromatic heterocycles. The minimum Gasteiger partial charge on any atom is -0.488 e. The molecule has 3 rings (SSSR count). The molecule has 3 N–H and O–H groups in total. The van der Waals surface area contributed by atoms with Crippen LogP contribution in [0.5, 0.6) is 5.75 Å². The van der Waals surface area contributed by atoms with Gasteiger partial charge in [0.25, 0.3) is 0 Å². The van der Waals surface area contributed by atoms with E-state index in [2.05, 4.69) is 15.5 Å². The van der Waals surface area contributed by atoms with Crippen LogP contribution in [0.25, 0.3) is 0 Å². The van der Waals surface area contributed by atoms with E-state index in [1.165, 1.54) is 35.2 Å². The summed E-state index contributed by atoms with van der Waals surface area (Å²) in [5, 5.41) is 10.8. The van der Waals surface area contributed by atoms with Crippen molar-refractivity contribution < 1.29 is 18.7 Å². The van der Waals surface area contributed by atoms with E-state index in [1.54, 1.807) is 12.1 Å². The molecule has 1 fully saturated rings. The summed E-state index contributed by atoms with van der Waals surface area (Å²) in [4.78, 5) is 12.2. The summed E-state index contributed by atoms with van der Waals surface area (Å²) in [6, 6.07) is 5.65. The number of nitrogens with one attached hydrogen (secondary N) is 1. The molecule has 7 nitrogen and oxygen atoms in total. The Morgan fingerprint density at radius 3 is 3.16 bits per heavy atom. The third-order valence-electron chi connectivity index (χ3n) is 3.47. The lowest BCUT2D eigenvalue weighted by molar-refractivity contribution is -0.121. The molecule has 10 heteroatoms. The zero-order valence-electron chi connectivity index (χ0n) is 13.2.